The lowest BCUT2D eigenvalue weighted by atomic mass is 10.0. The van der Waals surface area contributed by atoms with Crippen LogP contribution in [0.4, 0.5) is 10.2 Å². The summed E-state index contributed by atoms with van der Waals surface area (Å²) in [5, 5.41) is 8.97. The first-order valence-electron chi connectivity index (χ1n) is 6.74. The highest BCUT2D eigenvalue weighted by molar-refractivity contribution is 5.85. The molecule has 0 bridgehead atoms. The first-order valence-corrected chi connectivity index (χ1v) is 6.74. The Bertz CT molecular complexity index is 736. The fraction of sp³-hybridized carbons (Fsp3) is 0.267. The van der Waals surface area contributed by atoms with Gasteiger partial charge in [0, 0.05) is 31.4 Å². The van der Waals surface area contributed by atoms with Gasteiger partial charge in [-0.1, -0.05) is 0 Å². The highest BCUT2D eigenvalue weighted by Crippen LogP contribution is 2.26. The number of fused-ring (bicyclic) bond motifs is 1. The van der Waals surface area contributed by atoms with E-state index in [0.29, 0.717) is 31.1 Å². The Morgan fingerprint density at radius 2 is 2.18 bits per heavy atom. The molecule has 0 atom stereocenters. The zero-order valence-corrected chi connectivity index (χ0v) is 11.9. The number of halogens is 1. The maximum absolute atomic E-state index is 13.5. The van der Waals surface area contributed by atoms with Crippen LogP contribution in [0.15, 0.2) is 24.4 Å². The van der Waals surface area contributed by atoms with E-state index >= 15 is 0 Å². The summed E-state index contributed by atoms with van der Waals surface area (Å²) in [6.45, 7) is 1.12. The molecule has 1 N–H and O–H groups in total. The Hall–Kier alpha value is -2.70. The Labute approximate surface area is 126 Å². The molecule has 2 aromatic rings. The maximum atomic E-state index is 13.5. The van der Waals surface area contributed by atoms with Gasteiger partial charge in [-0.15, -0.1) is 0 Å². The van der Waals surface area contributed by atoms with E-state index in [1.54, 1.807) is 18.3 Å². The summed E-state index contributed by atoms with van der Waals surface area (Å²) in [4.78, 5) is 20.7. The molecular weight excluding hydrogens is 289 g/mol. The van der Waals surface area contributed by atoms with E-state index in [1.165, 1.54) is 13.2 Å². The van der Waals surface area contributed by atoms with Gasteiger partial charge >= 0.3 is 5.97 Å². The normalized spacial score (nSPS) is 13.6. The third-order valence-corrected chi connectivity index (χ3v) is 3.63. The molecule has 0 spiro atoms. The number of ether oxygens (including phenoxy) is 1. The average molecular weight is 303 g/mol. The fourth-order valence-electron chi connectivity index (χ4n) is 2.49. The summed E-state index contributed by atoms with van der Waals surface area (Å²) in [6.07, 6.45) is 2.21. The molecule has 114 valence electrons. The molecule has 2 aromatic heterocycles. The number of nitrogens with zero attached hydrogens (tertiary/aromatic N) is 3. The fourth-order valence-corrected chi connectivity index (χ4v) is 2.49. The Kier molecular flexibility index (Phi) is 3.62. The van der Waals surface area contributed by atoms with Crippen LogP contribution in [0.25, 0.3) is 0 Å². The number of carboxylic acids is 1. The van der Waals surface area contributed by atoms with Crippen molar-refractivity contribution in [3.63, 3.8) is 0 Å². The molecule has 1 aliphatic heterocycles. The van der Waals surface area contributed by atoms with Crippen molar-refractivity contribution in [2.75, 3.05) is 18.6 Å². The van der Waals surface area contributed by atoms with Crippen LogP contribution in [0, 0.1) is 5.95 Å². The summed E-state index contributed by atoms with van der Waals surface area (Å²) in [6, 6.07) is 4.49. The molecule has 22 heavy (non-hydrogen) atoms. The number of rotatable bonds is 3. The predicted molar refractivity (Wildman–Crippen MR) is 76.7 cm³/mol. The molecule has 0 saturated carbocycles. The molecule has 3 heterocycles. The van der Waals surface area contributed by atoms with E-state index in [0.717, 1.165) is 11.1 Å². The number of aromatic carboxylic acids is 1. The lowest BCUT2D eigenvalue weighted by molar-refractivity contribution is 0.0690. The molecule has 1 aliphatic rings. The van der Waals surface area contributed by atoms with Crippen LogP contribution in [0.5, 0.6) is 5.75 Å². The standard InChI is InChI=1S/C15H14FN3O3/c1-22-11-5-13(16)18-14(6-11)19-3-2-9-4-12(15(20)21)17-7-10(9)8-19/h4-7H,2-3,8H2,1H3,(H,20,21). The second-order valence-corrected chi connectivity index (χ2v) is 5.00. The highest BCUT2D eigenvalue weighted by atomic mass is 19.1. The van der Waals surface area contributed by atoms with E-state index in [-0.39, 0.29) is 5.69 Å². The molecule has 0 fully saturated rings. The third kappa shape index (κ3) is 2.69. The summed E-state index contributed by atoms with van der Waals surface area (Å²) in [5.41, 5.74) is 1.91. The van der Waals surface area contributed by atoms with Gasteiger partial charge < -0.3 is 14.7 Å². The number of aromatic nitrogens is 2. The topological polar surface area (TPSA) is 75.5 Å². The lowest BCUT2D eigenvalue weighted by Gasteiger charge is -2.29. The second-order valence-electron chi connectivity index (χ2n) is 5.00. The minimum atomic E-state index is -1.04. The quantitative estimate of drug-likeness (QED) is 0.873. The van der Waals surface area contributed by atoms with E-state index in [9.17, 15) is 9.18 Å². The van der Waals surface area contributed by atoms with Crippen molar-refractivity contribution in [1.29, 1.82) is 0 Å². The molecule has 0 aliphatic carbocycles. The van der Waals surface area contributed by atoms with Crippen LogP contribution in [0.2, 0.25) is 0 Å². The molecule has 6 nitrogen and oxygen atoms in total. The number of anilines is 1. The second kappa shape index (κ2) is 5.59. The van der Waals surface area contributed by atoms with Crippen LogP contribution < -0.4 is 9.64 Å². The average Bonchev–Trinajstić information content (AvgIpc) is 2.53. The van der Waals surface area contributed by atoms with E-state index in [2.05, 4.69) is 9.97 Å². The smallest absolute Gasteiger partial charge is 0.354 e. The van der Waals surface area contributed by atoms with Crippen LogP contribution in [-0.2, 0) is 13.0 Å². The summed E-state index contributed by atoms with van der Waals surface area (Å²) in [7, 11) is 1.47. The van der Waals surface area contributed by atoms with Crippen molar-refractivity contribution in [1.82, 2.24) is 9.97 Å². The van der Waals surface area contributed by atoms with Crippen molar-refractivity contribution in [2.45, 2.75) is 13.0 Å². The number of methoxy groups -OCH3 is 1. The van der Waals surface area contributed by atoms with Crippen LogP contribution >= 0.6 is 0 Å². The summed E-state index contributed by atoms with van der Waals surface area (Å²) >= 11 is 0. The van der Waals surface area contributed by atoms with Gasteiger partial charge in [-0.3, -0.25) is 0 Å². The molecule has 3 rings (SSSR count). The summed E-state index contributed by atoms with van der Waals surface area (Å²) in [5.74, 6) is -0.737. The molecule has 0 amide bonds. The third-order valence-electron chi connectivity index (χ3n) is 3.63. The van der Waals surface area contributed by atoms with Gasteiger partial charge in [0.15, 0.2) is 0 Å². The SMILES string of the molecule is COc1cc(F)nc(N2CCc3cc(C(=O)O)ncc3C2)c1. The Morgan fingerprint density at radius 1 is 1.36 bits per heavy atom. The minimum Gasteiger partial charge on any atom is -0.496 e. The minimum absolute atomic E-state index is 0.0396. The van der Waals surface area contributed by atoms with E-state index in [4.69, 9.17) is 9.84 Å². The van der Waals surface area contributed by atoms with Gasteiger partial charge in [-0.2, -0.15) is 4.39 Å². The van der Waals surface area contributed by atoms with Gasteiger partial charge in [0.05, 0.1) is 7.11 Å². The molecule has 0 unspecified atom stereocenters. The number of carboxylic acid groups (broad SMARTS) is 1. The number of hydrogen-bond acceptors (Lipinski definition) is 5. The number of hydrogen-bond donors (Lipinski definition) is 1. The summed E-state index contributed by atoms with van der Waals surface area (Å²) < 4.78 is 18.6. The van der Waals surface area contributed by atoms with Crippen molar-refractivity contribution in [3.8, 4) is 5.75 Å². The van der Waals surface area contributed by atoms with Crippen LogP contribution in [0.3, 0.4) is 0 Å². The van der Waals surface area contributed by atoms with E-state index < -0.39 is 11.9 Å². The maximum Gasteiger partial charge on any atom is 0.354 e. The number of pyridine rings is 2. The van der Waals surface area contributed by atoms with Crippen molar-refractivity contribution in [3.05, 3.63) is 47.2 Å². The van der Waals surface area contributed by atoms with Gasteiger partial charge in [0.1, 0.15) is 17.3 Å². The van der Waals surface area contributed by atoms with Gasteiger partial charge in [-0.05, 0) is 23.6 Å². The largest absolute Gasteiger partial charge is 0.496 e. The first-order chi connectivity index (χ1) is 10.6. The monoisotopic (exact) mass is 303 g/mol. The first kappa shape index (κ1) is 14.2. The Balaban J connectivity index is 1.88. The molecule has 7 heteroatoms. The van der Waals surface area contributed by atoms with E-state index in [1.807, 2.05) is 4.90 Å². The predicted octanol–water partition coefficient (Wildman–Crippen LogP) is 1.89. The zero-order chi connectivity index (χ0) is 15.7. The molecule has 0 saturated heterocycles. The Morgan fingerprint density at radius 3 is 2.91 bits per heavy atom. The van der Waals surface area contributed by atoms with Crippen molar-refractivity contribution < 1.29 is 19.0 Å². The van der Waals surface area contributed by atoms with Gasteiger partial charge in [0.25, 0.3) is 0 Å². The van der Waals surface area contributed by atoms with Crippen molar-refractivity contribution in [2.24, 2.45) is 0 Å². The number of carbonyl (C=O) groups is 1. The lowest BCUT2D eigenvalue weighted by Crippen LogP contribution is -2.31. The molecular formula is C15H14FN3O3. The molecule has 0 radical (unpaired) electrons. The highest BCUT2D eigenvalue weighted by Gasteiger charge is 2.20. The van der Waals surface area contributed by atoms with Gasteiger partial charge in [0.2, 0.25) is 5.95 Å². The van der Waals surface area contributed by atoms with Crippen molar-refractivity contribution >= 4 is 11.8 Å². The van der Waals surface area contributed by atoms with Gasteiger partial charge in [-0.25, -0.2) is 14.8 Å². The van der Waals surface area contributed by atoms with Crippen LogP contribution in [-0.4, -0.2) is 34.7 Å². The van der Waals surface area contributed by atoms with Crippen LogP contribution in [0.1, 0.15) is 21.6 Å². The zero-order valence-electron chi connectivity index (χ0n) is 11.9. The molecule has 0 aromatic carbocycles.